The molecular weight excluding hydrogens is 256 g/mol. The van der Waals surface area contributed by atoms with Gasteiger partial charge in [0.15, 0.2) is 5.82 Å². The van der Waals surface area contributed by atoms with Crippen LogP contribution in [0.1, 0.15) is 24.0 Å². The van der Waals surface area contributed by atoms with E-state index in [4.69, 9.17) is 17.5 Å². The molecule has 1 aromatic carbocycles. The normalized spacial score (nSPS) is 13.2. The average Bonchev–Trinajstić information content (AvgIpc) is 3.02. The van der Waals surface area contributed by atoms with Gasteiger partial charge in [0.1, 0.15) is 0 Å². The van der Waals surface area contributed by atoms with Crippen LogP contribution in [0, 0.1) is 16.1 Å². The van der Waals surface area contributed by atoms with Gasteiger partial charge in [-0.1, -0.05) is 12.1 Å². The van der Waals surface area contributed by atoms with Gasteiger partial charge >= 0.3 is 0 Å². The molecule has 0 fully saturated rings. The number of hydrogen-bond acceptors (Lipinski definition) is 3. The Morgan fingerprint density at radius 3 is 3.05 bits per heavy atom. The van der Waals surface area contributed by atoms with Crippen molar-refractivity contribution < 1.29 is 0 Å². The maximum Gasteiger partial charge on any atom is 0.216 e. The number of H-pyrrole nitrogens is 1. The van der Waals surface area contributed by atoms with Crippen LogP contribution in [0.4, 0.5) is 0 Å². The summed E-state index contributed by atoms with van der Waals surface area (Å²) in [6.45, 7) is 0.563. The lowest BCUT2D eigenvalue weighted by atomic mass is 10.1. The first-order valence-electron chi connectivity index (χ1n) is 6.44. The molecule has 1 N–H and O–H groups in total. The van der Waals surface area contributed by atoms with E-state index in [0.29, 0.717) is 17.7 Å². The van der Waals surface area contributed by atoms with E-state index >= 15 is 0 Å². The van der Waals surface area contributed by atoms with Gasteiger partial charge in [-0.25, -0.2) is 0 Å². The van der Waals surface area contributed by atoms with Crippen molar-refractivity contribution in [2.75, 3.05) is 0 Å². The molecule has 0 spiro atoms. The van der Waals surface area contributed by atoms with Crippen LogP contribution in [-0.4, -0.2) is 14.8 Å². The van der Waals surface area contributed by atoms with Crippen molar-refractivity contribution in [1.82, 2.24) is 14.8 Å². The molecule has 5 heteroatoms. The minimum Gasteiger partial charge on any atom is -0.279 e. The molecule has 1 aliphatic rings. The predicted molar refractivity (Wildman–Crippen MR) is 75.1 cm³/mol. The Kier molecular flexibility index (Phi) is 3.18. The van der Waals surface area contributed by atoms with Gasteiger partial charge in [0, 0.05) is 5.56 Å². The number of aryl methyl sites for hydroxylation is 3. The minimum atomic E-state index is 0.431. The lowest BCUT2D eigenvalue weighted by molar-refractivity contribution is 0.619. The van der Waals surface area contributed by atoms with Crippen LogP contribution in [0.5, 0.6) is 0 Å². The molecule has 4 nitrogen and oxygen atoms in total. The van der Waals surface area contributed by atoms with E-state index in [-0.39, 0.29) is 0 Å². The highest BCUT2D eigenvalue weighted by atomic mass is 32.1. The SMILES string of the molecule is N#CCCn1[nH]c(-c2ccc3c(c2)CCC3)nc1=S. The van der Waals surface area contributed by atoms with Crippen LogP contribution in [0.2, 0.25) is 0 Å². The van der Waals surface area contributed by atoms with E-state index in [1.54, 1.807) is 4.68 Å². The van der Waals surface area contributed by atoms with Crippen LogP contribution in [0.25, 0.3) is 11.4 Å². The smallest absolute Gasteiger partial charge is 0.216 e. The third-order valence-corrected chi connectivity index (χ3v) is 3.81. The highest BCUT2D eigenvalue weighted by molar-refractivity contribution is 7.71. The predicted octanol–water partition coefficient (Wildman–Crippen LogP) is 3.01. The molecule has 0 unspecified atom stereocenters. The molecule has 2 aromatic rings. The summed E-state index contributed by atoms with van der Waals surface area (Å²) in [6.07, 6.45) is 4.01. The van der Waals surface area contributed by atoms with Crippen molar-refractivity contribution in [1.29, 1.82) is 5.26 Å². The number of nitrogens with zero attached hydrogens (tertiary/aromatic N) is 3. The Bertz CT molecular complexity index is 705. The summed E-state index contributed by atoms with van der Waals surface area (Å²) in [5.74, 6) is 0.789. The van der Waals surface area contributed by atoms with Crippen LogP contribution in [-0.2, 0) is 19.4 Å². The Balaban J connectivity index is 1.94. The second-order valence-electron chi connectivity index (χ2n) is 4.75. The highest BCUT2D eigenvalue weighted by Crippen LogP contribution is 2.26. The topological polar surface area (TPSA) is 57.4 Å². The van der Waals surface area contributed by atoms with E-state index in [2.05, 4.69) is 34.4 Å². The summed E-state index contributed by atoms with van der Waals surface area (Å²) in [4.78, 5) is 4.37. The fourth-order valence-corrected chi connectivity index (χ4v) is 2.75. The third-order valence-electron chi connectivity index (χ3n) is 3.50. The zero-order valence-corrected chi connectivity index (χ0v) is 11.3. The lowest BCUT2D eigenvalue weighted by Crippen LogP contribution is -1.99. The van der Waals surface area contributed by atoms with Gasteiger partial charge in [-0.15, -0.1) is 0 Å². The zero-order chi connectivity index (χ0) is 13.2. The van der Waals surface area contributed by atoms with Crippen molar-refractivity contribution in [3.05, 3.63) is 34.1 Å². The van der Waals surface area contributed by atoms with E-state index < -0.39 is 0 Å². The van der Waals surface area contributed by atoms with E-state index in [9.17, 15) is 0 Å². The number of rotatable bonds is 3. The summed E-state index contributed by atoms with van der Waals surface area (Å²) >= 11 is 5.20. The number of aromatic nitrogens is 3. The molecule has 0 bridgehead atoms. The van der Waals surface area contributed by atoms with Gasteiger partial charge in [-0.05, 0) is 48.7 Å². The molecule has 0 saturated carbocycles. The van der Waals surface area contributed by atoms with Gasteiger partial charge in [0.25, 0.3) is 0 Å². The molecule has 0 amide bonds. The average molecular weight is 270 g/mol. The summed E-state index contributed by atoms with van der Waals surface area (Å²) in [5.41, 5.74) is 3.94. The van der Waals surface area contributed by atoms with Gasteiger partial charge in [0.2, 0.25) is 4.77 Å². The summed E-state index contributed by atoms with van der Waals surface area (Å²) < 4.78 is 2.26. The van der Waals surface area contributed by atoms with Crippen LogP contribution in [0.3, 0.4) is 0 Å². The van der Waals surface area contributed by atoms with Crippen LogP contribution >= 0.6 is 12.2 Å². The van der Waals surface area contributed by atoms with Crippen LogP contribution in [0.15, 0.2) is 18.2 Å². The van der Waals surface area contributed by atoms with Gasteiger partial charge < -0.3 is 0 Å². The van der Waals surface area contributed by atoms with Crippen molar-refractivity contribution in [3.8, 4) is 17.5 Å². The summed E-state index contributed by atoms with van der Waals surface area (Å²) in [5, 5.41) is 11.8. The van der Waals surface area contributed by atoms with Crippen molar-refractivity contribution in [2.45, 2.75) is 32.2 Å². The molecule has 1 heterocycles. The monoisotopic (exact) mass is 270 g/mol. The molecule has 0 radical (unpaired) electrons. The molecule has 0 aliphatic heterocycles. The number of nitrogens with one attached hydrogen (secondary N) is 1. The Morgan fingerprint density at radius 1 is 1.37 bits per heavy atom. The molecule has 1 aromatic heterocycles. The van der Waals surface area contributed by atoms with Crippen molar-refractivity contribution in [3.63, 3.8) is 0 Å². The molecular formula is C14H14N4S. The first-order valence-corrected chi connectivity index (χ1v) is 6.85. The van der Waals surface area contributed by atoms with E-state index in [0.717, 1.165) is 17.8 Å². The largest absolute Gasteiger partial charge is 0.279 e. The molecule has 1 aliphatic carbocycles. The highest BCUT2D eigenvalue weighted by Gasteiger charge is 2.13. The number of hydrogen-bond donors (Lipinski definition) is 1. The number of fused-ring (bicyclic) bond motifs is 1. The molecule has 19 heavy (non-hydrogen) atoms. The fraction of sp³-hybridized carbons (Fsp3) is 0.357. The molecule has 3 rings (SSSR count). The van der Waals surface area contributed by atoms with Crippen molar-refractivity contribution in [2.24, 2.45) is 0 Å². The molecule has 96 valence electrons. The molecule has 0 atom stereocenters. The first kappa shape index (κ1) is 12.1. The van der Waals surface area contributed by atoms with Gasteiger partial charge in [-0.3, -0.25) is 9.78 Å². The van der Waals surface area contributed by atoms with Crippen molar-refractivity contribution >= 4 is 12.2 Å². The second kappa shape index (κ2) is 4.98. The third kappa shape index (κ3) is 2.32. The zero-order valence-electron chi connectivity index (χ0n) is 10.5. The fourth-order valence-electron chi connectivity index (χ4n) is 2.52. The minimum absolute atomic E-state index is 0.431. The van der Waals surface area contributed by atoms with Crippen LogP contribution < -0.4 is 0 Å². The maximum atomic E-state index is 8.62. The quantitative estimate of drug-likeness (QED) is 0.872. The summed E-state index contributed by atoms with van der Waals surface area (Å²) in [6, 6.07) is 8.58. The summed E-state index contributed by atoms with van der Waals surface area (Å²) in [7, 11) is 0. The Morgan fingerprint density at radius 2 is 2.21 bits per heavy atom. The van der Waals surface area contributed by atoms with Gasteiger partial charge in [-0.2, -0.15) is 10.2 Å². The number of benzene rings is 1. The lowest BCUT2D eigenvalue weighted by Gasteiger charge is -2.02. The Hall–Kier alpha value is -1.93. The number of aromatic amines is 1. The maximum absolute atomic E-state index is 8.62. The molecule has 0 saturated heterocycles. The second-order valence-corrected chi connectivity index (χ2v) is 5.12. The van der Waals surface area contributed by atoms with Gasteiger partial charge in [0.05, 0.1) is 19.0 Å². The number of nitriles is 1. The van der Waals surface area contributed by atoms with E-state index in [1.165, 1.54) is 24.0 Å². The Labute approximate surface area is 116 Å². The standard InChI is InChI=1S/C14H14N4S/c15-7-2-8-18-14(19)16-13(17-18)12-6-5-10-3-1-4-11(10)9-12/h5-6,9H,1-4,8H2,(H,16,17,19). The van der Waals surface area contributed by atoms with E-state index in [1.807, 2.05) is 0 Å². The first-order chi connectivity index (χ1) is 9.28.